The van der Waals surface area contributed by atoms with Crippen molar-refractivity contribution in [2.24, 2.45) is 5.92 Å². The molecule has 0 saturated carbocycles. The van der Waals surface area contributed by atoms with Crippen LogP contribution in [0.3, 0.4) is 0 Å². The first-order valence-electron chi connectivity index (χ1n) is 15.2. The number of aliphatic hydroxyl groups excluding tert-OH is 2. The van der Waals surface area contributed by atoms with Gasteiger partial charge in [0.25, 0.3) is 0 Å². The number of aliphatic hydroxyl groups is 2. The Morgan fingerprint density at radius 2 is 1.40 bits per heavy atom. The fourth-order valence-corrected chi connectivity index (χ4v) is 6.64. The molecular weight excluding hydrogens is 588 g/mol. The Labute approximate surface area is 266 Å². The van der Waals surface area contributed by atoms with Crippen LogP contribution in [0, 0.1) is 5.92 Å². The van der Waals surface area contributed by atoms with Crippen LogP contribution in [0.2, 0.25) is 0 Å². The van der Waals surface area contributed by atoms with Crippen molar-refractivity contribution in [3.8, 4) is 0 Å². The fraction of sp³-hybridized carbons (Fsp3) is 0.333. The first kappa shape index (κ1) is 33.0. The average Bonchev–Trinajstić information content (AvgIpc) is 3.08. The van der Waals surface area contributed by atoms with Gasteiger partial charge in [-0.05, 0) is 48.4 Å². The molecule has 0 aliphatic carbocycles. The lowest BCUT2D eigenvalue weighted by Crippen LogP contribution is -2.46. The van der Waals surface area contributed by atoms with E-state index in [0.29, 0.717) is 6.54 Å². The third-order valence-electron chi connectivity index (χ3n) is 8.66. The summed E-state index contributed by atoms with van der Waals surface area (Å²) in [4.78, 5) is 2.34. The average molecular weight is 631 g/mol. The molecule has 3 N–H and O–H groups in total. The van der Waals surface area contributed by atoms with Crippen LogP contribution in [0.25, 0.3) is 0 Å². The van der Waals surface area contributed by atoms with Gasteiger partial charge in [0.2, 0.25) is 10.0 Å². The van der Waals surface area contributed by atoms with Gasteiger partial charge in [-0.3, -0.25) is 4.90 Å². The number of likely N-dealkylation sites (N-methyl/N-ethyl adjacent to an activating group) is 1. The highest BCUT2D eigenvalue weighted by atomic mass is 32.2. The molecule has 1 aliphatic rings. The van der Waals surface area contributed by atoms with E-state index in [0.717, 1.165) is 27.8 Å². The maximum atomic E-state index is 12.7. The summed E-state index contributed by atoms with van der Waals surface area (Å²) in [5.74, 6) is -0.0172. The largest absolute Gasteiger partial charge is 0.392 e. The molecule has 0 radical (unpaired) electrons. The molecular formula is C36H42N2O6S. The highest BCUT2D eigenvalue weighted by molar-refractivity contribution is 7.89. The molecule has 4 aromatic rings. The van der Waals surface area contributed by atoms with Gasteiger partial charge in [0.05, 0.1) is 29.8 Å². The zero-order chi connectivity index (χ0) is 32.0. The number of sulfonamides is 1. The molecule has 4 aromatic carbocycles. The maximum absolute atomic E-state index is 12.7. The van der Waals surface area contributed by atoms with E-state index in [9.17, 15) is 18.6 Å². The number of rotatable bonds is 12. The Kier molecular flexibility index (Phi) is 10.8. The summed E-state index contributed by atoms with van der Waals surface area (Å²) in [7, 11) is -1.63. The maximum Gasteiger partial charge on any atom is 0.240 e. The second kappa shape index (κ2) is 14.8. The highest BCUT2D eigenvalue weighted by Crippen LogP contribution is 2.42. The van der Waals surface area contributed by atoms with Crippen molar-refractivity contribution in [1.82, 2.24) is 9.62 Å². The molecule has 0 unspecified atom stereocenters. The van der Waals surface area contributed by atoms with Gasteiger partial charge in [0.1, 0.15) is 0 Å². The molecule has 6 atom stereocenters. The standard InChI is InChI=1S/C36H42N2O6S/c1-25-33(23-38(3)26(2)34(40)29-10-6-4-7-11-29)43-36(44-35(25)30-18-16-28(24-39)17-19-30)31-20-14-27(15-21-31)22-37-45(41,42)32-12-8-5-9-13-32/h4-21,25-26,33-37,39-40H,22-24H2,1-3H3/t25-,26-,33+,34-,35+,36+/m1/s1. The first-order chi connectivity index (χ1) is 21.7. The molecule has 9 heteroatoms. The lowest BCUT2D eigenvalue weighted by Gasteiger charge is -2.43. The van der Waals surface area contributed by atoms with Crippen LogP contribution in [-0.2, 0) is 32.6 Å². The molecule has 1 aliphatic heterocycles. The van der Waals surface area contributed by atoms with Crippen molar-refractivity contribution >= 4 is 10.0 Å². The normalized spacial score (nSPS) is 21.8. The van der Waals surface area contributed by atoms with Gasteiger partial charge in [-0.2, -0.15) is 0 Å². The number of benzene rings is 4. The van der Waals surface area contributed by atoms with Gasteiger partial charge < -0.3 is 19.7 Å². The summed E-state index contributed by atoms with van der Waals surface area (Å²) in [6.45, 7) is 4.80. The van der Waals surface area contributed by atoms with Gasteiger partial charge in [-0.1, -0.05) is 104 Å². The number of hydrogen-bond donors (Lipinski definition) is 3. The molecule has 0 bridgehead atoms. The summed E-state index contributed by atoms with van der Waals surface area (Å²) in [6.07, 6.45) is -1.82. The van der Waals surface area contributed by atoms with Crippen molar-refractivity contribution in [2.75, 3.05) is 13.6 Å². The van der Waals surface area contributed by atoms with E-state index >= 15 is 0 Å². The van der Waals surface area contributed by atoms with E-state index in [2.05, 4.69) is 16.5 Å². The minimum atomic E-state index is -3.63. The molecule has 0 amide bonds. The van der Waals surface area contributed by atoms with E-state index in [1.807, 2.05) is 92.8 Å². The van der Waals surface area contributed by atoms with Gasteiger partial charge in [0, 0.05) is 30.6 Å². The van der Waals surface area contributed by atoms with Crippen LogP contribution in [0.4, 0.5) is 0 Å². The number of ether oxygens (including phenoxy) is 2. The molecule has 8 nitrogen and oxygen atoms in total. The third-order valence-corrected chi connectivity index (χ3v) is 10.1. The van der Waals surface area contributed by atoms with E-state index in [1.165, 1.54) is 0 Å². The van der Waals surface area contributed by atoms with Crippen LogP contribution in [0.15, 0.2) is 114 Å². The number of hydrogen-bond acceptors (Lipinski definition) is 7. The minimum absolute atomic E-state index is 0.0172. The Bertz CT molecular complexity index is 1600. The summed E-state index contributed by atoms with van der Waals surface area (Å²) < 4.78 is 41.2. The molecule has 238 valence electrons. The van der Waals surface area contributed by atoms with E-state index in [-0.39, 0.29) is 42.2 Å². The zero-order valence-electron chi connectivity index (χ0n) is 25.9. The molecule has 1 saturated heterocycles. The quantitative estimate of drug-likeness (QED) is 0.190. The molecule has 45 heavy (non-hydrogen) atoms. The molecule has 1 heterocycles. The van der Waals surface area contributed by atoms with Crippen LogP contribution in [0.1, 0.15) is 60.2 Å². The predicted octanol–water partition coefficient (Wildman–Crippen LogP) is 5.50. The summed E-state index contributed by atoms with van der Waals surface area (Å²) >= 11 is 0. The second-order valence-electron chi connectivity index (χ2n) is 11.7. The van der Waals surface area contributed by atoms with Gasteiger partial charge in [-0.25, -0.2) is 13.1 Å². The molecule has 0 spiro atoms. The second-order valence-corrected chi connectivity index (χ2v) is 13.5. The minimum Gasteiger partial charge on any atom is -0.392 e. The lowest BCUT2D eigenvalue weighted by molar-refractivity contribution is -0.276. The van der Waals surface area contributed by atoms with Crippen molar-refractivity contribution in [3.63, 3.8) is 0 Å². The number of nitrogens with zero attached hydrogens (tertiary/aromatic N) is 1. The topological polar surface area (TPSA) is 108 Å². The first-order valence-corrected chi connectivity index (χ1v) is 16.7. The Morgan fingerprint density at radius 3 is 2.02 bits per heavy atom. The Hall–Kier alpha value is -3.41. The van der Waals surface area contributed by atoms with Crippen LogP contribution in [0.5, 0.6) is 0 Å². The van der Waals surface area contributed by atoms with Gasteiger partial charge in [0.15, 0.2) is 6.29 Å². The van der Waals surface area contributed by atoms with Crippen molar-refractivity contribution in [2.45, 2.75) is 62.5 Å². The smallest absolute Gasteiger partial charge is 0.240 e. The van der Waals surface area contributed by atoms with Gasteiger partial charge >= 0.3 is 0 Å². The predicted molar refractivity (Wildman–Crippen MR) is 173 cm³/mol. The van der Waals surface area contributed by atoms with Crippen molar-refractivity contribution in [1.29, 1.82) is 0 Å². The van der Waals surface area contributed by atoms with Crippen LogP contribution >= 0.6 is 0 Å². The van der Waals surface area contributed by atoms with E-state index in [4.69, 9.17) is 9.47 Å². The molecule has 0 aromatic heterocycles. The Morgan fingerprint density at radius 1 is 0.822 bits per heavy atom. The van der Waals surface area contributed by atoms with Gasteiger partial charge in [-0.15, -0.1) is 0 Å². The van der Waals surface area contributed by atoms with E-state index in [1.54, 1.807) is 30.3 Å². The SMILES string of the molecule is C[C@@H]1[C@H](CN(C)[C@H](C)[C@@H](O)c2ccccc2)O[C@H](c2ccc(CNS(=O)(=O)c3ccccc3)cc2)O[C@@H]1c1ccc(CO)cc1. The number of nitrogens with one attached hydrogen (secondary N) is 1. The van der Waals surface area contributed by atoms with Crippen LogP contribution < -0.4 is 4.72 Å². The monoisotopic (exact) mass is 630 g/mol. The van der Waals surface area contributed by atoms with Crippen molar-refractivity contribution in [3.05, 3.63) is 137 Å². The van der Waals surface area contributed by atoms with E-state index < -0.39 is 22.4 Å². The summed E-state index contributed by atoms with van der Waals surface area (Å²) in [5, 5.41) is 20.6. The van der Waals surface area contributed by atoms with Crippen LogP contribution in [-0.4, -0.2) is 49.3 Å². The fourth-order valence-electron chi connectivity index (χ4n) is 5.60. The lowest BCUT2D eigenvalue weighted by atomic mass is 9.89. The molecule has 5 rings (SSSR count). The Balaban J connectivity index is 1.33. The zero-order valence-corrected chi connectivity index (χ0v) is 26.7. The summed E-state index contributed by atoms with van der Waals surface area (Å²) in [5.41, 5.74) is 4.30. The third kappa shape index (κ3) is 8.06. The highest BCUT2D eigenvalue weighted by Gasteiger charge is 2.39. The summed E-state index contributed by atoms with van der Waals surface area (Å²) in [6, 6.07) is 33.1. The van der Waals surface area contributed by atoms with Crippen molar-refractivity contribution < 1.29 is 28.1 Å². The molecule has 1 fully saturated rings.